The van der Waals surface area contributed by atoms with Gasteiger partial charge in [0.25, 0.3) is 0 Å². The molecule has 10 heavy (non-hydrogen) atoms. The lowest BCUT2D eigenvalue weighted by Crippen LogP contribution is -2.30. The van der Waals surface area contributed by atoms with Crippen molar-refractivity contribution in [1.82, 2.24) is 5.32 Å². The topological polar surface area (TPSA) is 12.0 Å². The van der Waals surface area contributed by atoms with Gasteiger partial charge in [-0.3, -0.25) is 0 Å². The first-order chi connectivity index (χ1) is 4.83. The minimum absolute atomic E-state index is 0.759. The molecule has 1 aliphatic carbocycles. The molecule has 0 fully saturated rings. The zero-order chi connectivity index (χ0) is 7.40. The normalized spacial score (nSPS) is 26.2. The summed E-state index contributed by atoms with van der Waals surface area (Å²) < 4.78 is 0. The second kappa shape index (κ2) is 3.77. The molecule has 1 atom stereocenters. The molecule has 0 radical (unpaired) electrons. The van der Waals surface area contributed by atoms with Gasteiger partial charge in [-0.25, -0.2) is 0 Å². The van der Waals surface area contributed by atoms with E-state index in [0.29, 0.717) is 0 Å². The van der Waals surface area contributed by atoms with E-state index >= 15 is 0 Å². The SMILES string of the molecule is CCNC1CCC=C(C)C1. The van der Waals surface area contributed by atoms with Crippen LogP contribution in [0.5, 0.6) is 0 Å². The van der Waals surface area contributed by atoms with E-state index in [4.69, 9.17) is 0 Å². The summed E-state index contributed by atoms with van der Waals surface area (Å²) in [4.78, 5) is 0. The van der Waals surface area contributed by atoms with Crippen LogP contribution in [0.4, 0.5) is 0 Å². The van der Waals surface area contributed by atoms with Gasteiger partial charge in [0.1, 0.15) is 0 Å². The van der Waals surface area contributed by atoms with Crippen LogP contribution in [-0.4, -0.2) is 12.6 Å². The molecule has 0 bridgehead atoms. The van der Waals surface area contributed by atoms with E-state index in [1.165, 1.54) is 19.3 Å². The average molecular weight is 139 g/mol. The first-order valence-electron chi connectivity index (χ1n) is 4.22. The molecule has 0 spiro atoms. The Kier molecular flexibility index (Phi) is 2.94. The lowest BCUT2D eigenvalue weighted by Gasteiger charge is -2.21. The predicted octanol–water partition coefficient (Wildman–Crippen LogP) is 2.09. The van der Waals surface area contributed by atoms with Crippen molar-refractivity contribution in [2.24, 2.45) is 0 Å². The molecule has 0 aromatic rings. The van der Waals surface area contributed by atoms with Crippen LogP contribution in [0.3, 0.4) is 0 Å². The Morgan fingerprint density at radius 1 is 1.70 bits per heavy atom. The molecule has 1 N–H and O–H groups in total. The standard InChI is InChI=1S/C9H17N/c1-3-10-9-6-4-5-8(2)7-9/h5,9-10H,3-4,6-7H2,1-2H3. The molecule has 0 heterocycles. The summed E-state index contributed by atoms with van der Waals surface area (Å²) in [7, 11) is 0. The maximum atomic E-state index is 3.47. The number of hydrogen-bond acceptors (Lipinski definition) is 1. The first-order valence-corrected chi connectivity index (χ1v) is 4.22. The monoisotopic (exact) mass is 139 g/mol. The van der Waals surface area contributed by atoms with Gasteiger partial charge in [0, 0.05) is 6.04 Å². The number of nitrogens with one attached hydrogen (secondary N) is 1. The highest BCUT2D eigenvalue weighted by Gasteiger charge is 2.10. The maximum Gasteiger partial charge on any atom is 0.0107 e. The molecule has 1 rings (SSSR count). The smallest absolute Gasteiger partial charge is 0.0107 e. The van der Waals surface area contributed by atoms with E-state index in [2.05, 4.69) is 25.2 Å². The largest absolute Gasteiger partial charge is 0.314 e. The Bertz CT molecular complexity index is 127. The van der Waals surface area contributed by atoms with Crippen molar-refractivity contribution in [1.29, 1.82) is 0 Å². The van der Waals surface area contributed by atoms with Crippen LogP contribution >= 0.6 is 0 Å². The third-order valence-electron chi connectivity index (χ3n) is 2.07. The Balaban J connectivity index is 2.30. The zero-order valence-electron chi connectivity index (χ0n) is 6.98. The molecular weight excluding hydrogens is 122 g/mol. The van der Waals surface area contributed by atoms with E-state index in [1.807, 2.05) is 0 Å². The van der Waals surface area contributed by atoms with Gasteiger partial charge in [-0.1, -0.05) is 18.6 Å². The molecule has 0 aromatic carbocycles. The third-order valence-corrected chi connectivity index (χ3v) is 2.07. The van der Waals surface area contributed by atoms with E-state index in [-0.39, 0.29) is 0 Å². The summed E-state index contributed by atoms with van der Waals surface area (Å²) in [6.45, 7) is 5.51. The minimum Gasteiger partial charge on any atom is -0.314 e. The van der Waals surface area contributed by atoms with Crippen LogP contribution < -0.4 is 5.32 Å². The van der Waals surface area contributed by atoms with Gasteiger partial charge < -0.3 is 5.32 Å². The highest BCUT2D eigenvalue weighted by molar-refractivity contribution is 5.05. The third kappa shape index (κ3) is 2.14. The van der Waals surface area contributed by atoms with Gasteiger partial charge in [0.15, 0.2) is 0 Å². The fourth-order valence-corrected chi connectivity index (χ4v) is 1.57. The average Bonchev–Trinajstić information content (AvgIpc) is 1.88. The highest BCUT2D eigenvalue weighted by Crippen LogP contribution is 2.16. The van der Waals surface area contributed by atoms with Gasteiger partial charge in [0.2, 0.25) is 0 Å². The van der Waals surface area contributed by atoms with Crippen molar-refractivity contribution in [3.8, 4) is 0 Å². The van der Waals surface area contributed by atoms with Gasteiger partial charge in [-0.15, -0.1) is 0 Å². The molecule has 0 aliphatic heterocycles. The van der Waals surface area contributed by atoms with Gasteiger partial charge in [-0.2, -0.15) is 0 Å². The first kappa shape index (κ1) is 7.80. The molecule has 0 saturated carbocycles. The van der Waals surface area contributed by atoms with Crippen molar-refractivity contribution < 1.29 is 0 Å². The van der Waals surface area contributed by atoms with Crippen molar-refractivity contribution in [3.05, 3.63) is 11.6 Å². The summed E-state index contributed by atoms with van der Waals surface area (Å²) in [6.07, 6.45) is 6.20. The maximum absolute atomic E-state index is 3.47. The minimum atomic E-state index is 0.759. The van der Waals surface area contributed by atoms with E-state index in [0.717, 1.165) is 12.6 Å². The fraction of sp³-hybridized carbons (Fsp3) is 0.778. The second-order valence-corrected chi connectivity index (χ2v) is 3.09. The van der Waals surface area contributed by atoms with Crippen LogP contribution in [0.1, 0.15) is 33.1 Å². The quantitative estimate of drug-likeness (QED) is 0.578. The van der Waals surface area contributed by atoms with E-state index in [1.54, 1.807) is 5.57 Å². The Labute approximate surface area is 63.5 Å². The predicted molar refractivity (Wildman–Crippen MR) is 45.1 cm³/mol. The number of rotatable bonds is 2. The summed E-state index contributed by atoms with van der Waals surface area (Å²) in [5.74, 6) is 0. The van der Waals surface area contributed by atoms with E-state index < -0.39 is 0 Å². The van der Waals surface area contributed by atoms with Crippen molar-refractivity contribution in [2.75, 3.05) is 6.54 Å². The Morgan fingerprint density at radius 2 is 2.50 bits per heavy atom. The summed E-state index contributed by atoms with van der Waals surface area (Å²) in [5.41, 5.74) is 1.55. The van der Waals surface area contributed by atoms with Gasteiger partial charge in [0.05, 0.1) is 0 Å². The highest BCUT2D eigenvalue weighted by atomic mass is 14.9. The van der Waals surface area contributed by atoms with Gasteiger partial charge in [-0.05, 0) is 32.7 Å². The molecule has 1 unspecified atom stereocenters. The molecular formula is C9H17N. The molecule has 0 saturated heterocycles. The van der Waals surface area contributed by atoms with Crippen molar-refractivity contribution in [3.63, 3.8) is 0 Å². The Morgan fingerprint density at radius 3 is 3.10 bits per heavy atom. The van der Waals surface area contributed by atoms with Crippen LogP contribution in [0.25, 0.3) is 0 Å². The summed E-state index contributed by atoms with van der Waals surface area (Å²) in [6, 6.07) is 0.759. The fourth-order valence-electron chi connectivity index (χ4n) is 1.57. The Hall–Kier alpha value is -0.300. The summed E-state index contributed by atoms with van der Waals surface area (Å²) >= 11 is 0. The van der Waals surface area contributed by atoms with Crippen LogP contribution in [0.15, 0.2) is 11.6 Å². The van der Waals surface area contributed by atoms with Crippen LogP contribution in [0.2, 0.25) is 0 Å². The lowest BCUT2D eigenvalue weighted by molar-refractivity contribution is 0.477. The van der Waals surface area contributed by atoms with Crippen LogP contribution in [-0.2, 0) is 0 Å². The van der Waals surface area contributed by atoms with Gasteiger partial charge >= 0.3 is 0 Å². The molecule has 1 nitrogen and oxygen atoms in total. The molecule has 0 amide bonds. The number of allylic oxidation sites excluding steroid dienone is 1. The van der Waals surface area contributed by atoms with Crippen molar-refractivity contribution >= 4 is 0 Å². The molecule has 1 heteroatoms. The lowest BCUT2D eigenvalue weighted by atomic mass is 9.96. The van der Waals surface area contributed by atoms with Crippen LogP contribution in [0, 0.1) is 0 Å². The van der Waals surface area contributed by atoms with E-state index in [9.17, 15) is 0 Å². The molecule has 1 aliphatic rings. The zero-order valence-corrected chi connectivity index (χ0v) is 6.98. The second-order valence-electron chi connectivity index (χ2n) is 3.09. The summed E-state index contributed by atoms with van der Waals surface area (Å²) in [5, 5.41) is 3.47. The number of hydrogen-bond donors (Lipinski definition) is 1. The molecule has 0 aromatic heterocycles. The molecule has 58 valence electrons. The van der Waals surface area contributed by atoms with Crippen molar-refractivity contribution in [2.45, 2.75) is 39.2 Å².